The van der Waals surface area contributed by atoms with Gasteiger partial charge in [-0.1, -0.05) is 35.1 Å². The number of amidine groups is 1. The first-order chi connectivity index (χ1) is 14.0. The van der Waals surface area contributed by atoms with Gasteiger partial charge in [-0.25, -0.2) is 0 Å². The number of halogens is 1. The van der Waals surface area contributed by atoms with Crippen molar-refractivity contribution in [3.8, 4) is 0 Å². The third-order valence-corrected chi connectivity index (χ3v) is 6.18. The number of carbonyl (C=O) groups excluding carboxylic acids is 2. The van der Waals surface area contributed by atoms with Crippen molar-refractivity contribution >= 4 is 52.1 Å². The van der Waals surface area contributed by atoms with E-state index < -0.39 is 0 Å². The number of hydrogen-bond acceptors (Lipinski definition) is 7. The van der Waals surface area contributed by atoms with Crippen molar-refractivity contribution in [2.45, 2.75) is 31.6 Å². The van der Waals surface area contributed by atoms with E-state index in [2.05, 4.69) is 25.8 Å². The Morgan fingerprint density at radius 3 is 2.72 bits per heavy atom. The Labute approximate surface area is 182 Å². The molecule has 0 radical (unpaired) electrons. The molecule has 2 N–H and O–H groups in total. The van der Waals surface area contributed by atoms with E-state index in [0.29, 0.717) is 33.3 Å². The van der Waals surface area contributed by atoms with E-state index in [-0.39, 0.29) is 23.6 Å². The molecule has 2 heterocycles. The van der Waals surface area contributed by atoms with Crippen LogP contribution < -0.4 is 10.6 Å². The largest absolute Gasteiger partial charge is 0.342 e. The van der Waals surface area contributed by atoms with Gasteiger partial charge in [-0.05, 0) is 38.1 Å². The van der Waals surface area contributed by atoms with Crippen LogP contribution in [0.1, 0.15) is 36.1 Å². The van der Waals surface area contributed by atoms with Crippen molar-refractivity contribution in [1.82, 2.24) is 25.4 Å². The highest BCUT2D eigenvalue weighted by Gasteiger charge is 2.20. The second-order valence-corrected chi connectivity index (χ2v) is 8.62. The first-order valence-corrected chi connectivity index (χ1v) is 11.4. The van der Waals surface area contributed by atoms with Gasteiger partial charge in [-0.2, -0.15) is 0 Å². The Bertz CT molecular complexity index is 916. The van der Waals surface area contributed by atoms with Crippen molar-refractivity contribution in [3.63, 3.8) is 0 Å². The van der Waals surface area contributed by atoms with Crippen LogP contribution in [0.15, 0.2) is 34.4 Å². The lowest BCUT2D eigenvalue weighted by Gasteiger charge is -2.15. The number of hydrogen-bond donors (Lipinski definition) is 2. The van der Waals surface area contributed by atoms with Crippen LogP contribution in [-0.2, 0) is 11.3 Å². The van der Waals surface area contributed by atoms with Crippen molar-refractivity contribution in [1.29, 1.82) is 0 Å². The quantitative estimate of drug-likeness (QED) is 0.626. The second-order valence-electron chi connectivity index (χ2n) is 6.16. The zero-order valence-corrected chi connectivity index (χ0v) is 18.4. The summed E-state index contributed by atoms with van der Waals surface area (Å²) in [5, 5.41) is 16.0. The number of aliphatic imine (C=N–C) groups is 1. The summed E-state index contributed by atoms with van der Waals surface area (Å²) in [6, 6.07) is 6.33. The molecule has 0 unspecified atom stereocenters. The molecule has 0 fully saturated rings. The lowest BCUT2D eigenvalue weighted by Crippen LogP contribution is -2.29. The van der Waals surface area contributed by atoms with Crippen LogP contribution in [0.2, 0.25) is 5.02 Å². The average Bonchev–Trinajstić information content (AvgIpc) is 3.36. The number of rotatable bonds is 7. The van der Waals surface area contributed by atoms with E-state index in [1.54, 1.807) is 36.0 Å². The first-order valence-electron chi connectivity index (χ1n) is 9.07. The molecule has 11 heteroatoms. The summed E-state index contributed by atoms with van der Waals surface area (Å²) < 4.78 is 1.90. The summed E-state index contributed by atoms with van der Waals surface area (Å²) in [5.41, 5.74) is 0.516. The van der Waals surface area contributed by atoms with Crippen molar-refractivity contribution < 1.29 is 9.59 Å². The number of thioether (sulfide) groups is 2. The van der Waals surface area contributed by atoms with Gasteiger partial charge >= 0.3 is 0 Å². The van der Waals surface area contributed by atoms with Crippen molar-refractivity contribution in [2.24, 2.45) is 4.99 Å². The third-order valence-electron chi connectivity index (χ3n) is 4.07. The van der Waals surface area contributed by atoms with Gasteiger partial charge in [0.25, 0.3) is 5.91 Å². The summed E-state index contributed by atoms with van der Waals surface area (Å²) in [7, 11) is 0. The van der Waals surface area contributed by atoms with E-state index in [1.165, 1.54) is 11.8 Å². The average molecular weight is 453 g/mol. The van der Waals surface area contributed by atoms with Crippen molar-refractivity contribution in [3.05, 3.63) is 40.7 Å². The van der Waals surface area contributed by atoms with Crippen LogP contribution >= 0.6 is 35.1 Å². The molecule has 8 nitrogen and oxygen atoms in total. The van der Waals surface area contributed by atoms with Crippen LogP contribution in [0.4, 0.5) is 0 Å². The number of amides is 2. The highest BCUT2D eigenvalue weighted by Crippen LogP contribution is 2.21. The smallest absolute Gasteiger partial charge is 0.251 e. The Morgan fingerprint density at radius 2 is 2.07 bits per heavy atom. The first kappa shape index (κ1) is 21.7. The fourth-order valence-corrected chi connectivity index (χ4v) is 4.35. The Hall–Kier alpha value is -2.04. The van der Waals surface area contributed by atoms with Gasteiger partial charge in [0.05, 0.1) is 18.3 Å². The SMILES string of the molecule is CCn1c(SCC(=O)NC2=NCCS2)nnc1[C@H](C)NC(=O)c1ccc(Cl)cc1. The van der Waals surface area contributed by atoms with Crippen LogP contribution in [0.5, 0.6) is 0 Å². The van der Waals surface area contributed by atoms with E-state index in [0.717, 1.165) is 12.3 Å². The molecule has 1 aliphatic rings. The molecule has 1 atom stereocenters. The molecule has 1 aliphatic heterocycles. The molecule has 0 saturated heterocycles. The fraction of sp³-hybridized carbons (Fsp3) is 0.389. The summed E-state index contributed by atoms with van der Waals surface area (Å²) in [6.07, 6.45) is 0. The molecule has 0 spiro atoms. The topological polar surface area (TPSA) is 101 Å². The van der Waals surface area contributed by atoms with E-state index >= 15 is 0 Å². The molecule has 1 aromatic heterocycles. The Morgan fingerprint density at radius 1 is 1.31 bits per heavy atom. The van der Waals surface area contributed by atoms with E-state index in [9.17, 15) is 9.59 Å². The molecule has 1 aromatic carbocycles. The highest BCUT2D eigenvalue weighted by atomic mass is 35.5. The number of nitrogens with one attached hydrogen (secondary N) is 2. The number of benzene rings is 1. The minimum Gasteiger partial charge on any atom is -0.342 e. The minimum atomic E-state index is -0.349. The van der Waals surface area contributed by atoms with Gasteiger partial charge < -0.3 is 15.2 Å². The third kappa shape index (κ3) is 5.74. The molecule has 0 saturated carbocycles. The van der Waals surface area contributed by atoms with Gasteiger partial charge in [0, 0.05) is 22.9 Å². The monoisotopic (exact) mass is 452 g/mol. The lowest BCUT2D eigenvalue weighted by atomic mass is 10.2. The van der Waals surface area contributed by atoms with E-state index in [4.69, 9.17) is 11.6 Å². The Kier molecular flexibility index (Phi) is 7.57. The molecular weight excluding hydrogens is 432 g/mol. The highest BCUT2D eigenvalue weighted by molar-refractivity contribution is 8.14. The van der Waals surface area contributed by atoms with Gasteiger partial charge in [-0.3, -0.25) is 14.6 Å². The summed E-state index contributed by atoms with van der Waals surface area (Å²) >= 11 is 8.71. The fourth-order valence-electron chi connectivity index (χ4n) is 2.67. The van der Waals surface area contributed by atoms with Gasteiger partial charge in [0.2, 0.25) is 5.91 Å². The van der Waals surface area contributed by atoms with Crippen LogP contribution in [0.25, 0.3) is 0 Å². The number of nitrogens with zero attached hydrogens (tertiary/aromatic N) is 4. The maximum Gasteiger partial charge on any atom is 0.251 e. The zero-order chi connectivity index (χ0) is 20.8. The predicted octanol–water partition coefficient (Wildman–Crippen LogP) is 2.75. The van der Waals surface area contributed by atoms with Gasteiger partial charge in [-0.15, -0.1) is 10.2 Å². The molecule has 154 valence electrons. The van der Waals surface area contributed by atoms with Crippen LogP contribution in [0, 0.1) is 0 Å². The summed E-state index contributed by atoms with van der Waals surface area (Å²) in [5.74, 6) is 1.40. The summed E-state index contributed by atoms with van der Waals surface area (Å²) in [6.45, 7) is 5.17. The molecule has 29 heavy (non-hydrogen) atoms. The van der Waals surface area contributed by atoms with E-state index in [1.807, 2.05) is 18.4 Å². The summed E-state index contributed by atoms with van der Waals surface area (Å²) in [4.78, 5) is 28.7. The van der Waals surface area contributed by atoms with Gasteiger partial charge in [0.1, 0.15) is 0 Å². The van der Waals surface area contributed by atoms with Crippen LogP contribution in [0.3, 0.4) is 0 Å². The molecule has 0 aliphatic carbocycles. The normalized spacial score (nSPS) is 14.4. The molecule has 2 aromatic rings. The zero-order valence-electron chi connectivity index (χ0n) is 16.0. The predicted molar refractivity (Wildman–Crippen MR) is 117 cm³/mol. The van der Waals surface area contributed by atoms with Gasteiger partial charge in [0.15, 0.2) is 16.1 Å². The maximum atomic E-state index is 12.4. The maximum absolute atomic E-state index is 12.4. The lowest BCUT2D eigenvalue weighted by molar-refractivity contribution is -0.117. The second kappa shape index (κ2) is 10.1. The van der Waals surface area contributed by atoms with Crippen molar-refractivity contribution in [2.75, 3.05) is 18.1 Å². The molecule has 2 amide bonds. The minimum absolute atomic E-state index is 0.126. The Balaban J connectivity index is 1.61. The molecule has 0 bridgehead atoms. The number of aromatic nitrogens is 3. The standard InChI is InChI=1S/C18H21ClN6O2S2/c1-3-25-15(11(2)21-16(27)12-4-6-13(19)7-5-12)23-24-18(25)29-10-14(26)22-17-20-8-9-28-17/h4-7,11H,3,8-10H2,1-2H3,(H,21,27)(H,20,22,26)/t11-/m0/s1. The number of carbonyl (C=O) groups is 2. The van der Waals surface area contributed by atoms with Crippen LogP contribution in [-0.4, -0.2) is 49.8 Å². The molecular formula is C18H21ClN6O2S2. The molecule has 3 rings (SSSR count).